The minimum Gasteiger partial charge on any atom is -0.340 e. The first kappa shape index (κ1) is 19.5. The average molecular weight is 340 g/mol. The summed E-state index contributed by atoms with van der Waals surface area (Å²) in [6.07, 6.45) is 0.879. The summed E-state index contributed by atoms with van der Waals surface area (Å²) in [7, 11) is 1.74. The molecule has 2 atom stereocenters. The van der Waals surface area contributed by atoms with Gasteiger partial charge < -0.3 is 10.6 Å². The molecule has 1 aromatic rings. The van der Waals surface area contributed by atoms with Crippen molar-refractivity contribution < 1.29 is 4.79 Å². The Morgan fingerprint density at radius 2 is 1.80 bits per heavy atom. The van der Waals surface area contributed by atoms with Gasteiger partial charge in [-0.15, -0.1) is 12.4 Å². The lowest BCUT2D eigenvalue weighted by Gasteiger charge is -2.24. The number of nitrogens with zero attached hydrogens (tertiary/aromatic N) is 1. The van der Waals surface area contributed by atoms with Crippen LogP contribution in [0.15, 0.2) is 18.2 Å². The Hall–Kier alpha value is -0.480. The Kier molecular flexibility index (Phi) is 8.52. The predicted molar refractivity (Wildman–Crippen MR) is 87.6 cm³/mol. The van der Waals surface area contributed by atoms with E-state index in [1.54, 1.807) is 30.1 Å². The van der Waals surface area contributed by atoms with Gasteiger partial charge in [-0.05, 0) is 29.7 Å². The van der Waals surface area contributed by atoms with E-state index >= 15 is 0 Å². The smallest absolute Gasteiger partial charge is 0.239 e. The summed E-state index contributed by atoms with van der Waals surface area (Å²) in [6, 6.07) is 4.79. The van der Waals surface area contributed by atoms with E-state index in [-0.39, 0.29) is 24.2 Å². The van der Waals surface area contributed by atoms with Crippen molar-refractivity contribution >= 4 is 41.5 Å². The van der Waals surface area contributed by atoms with Crippen LogP contribution in [0.4, 0.5) is 0 Å². The molecule has 1 amide bonds. The molecule has 0 saturated heterocycles. The molecule has 0 fully saturated rings. The number of benzene rings is 1. The maximum atomic E-state index is 12.2. The quantitative estimate of drug-likeness (QED) is 0.888. The van der Waals surface area contributed by atoms with E-state index in [1.807, 2.05) is 13.8 Å². The van der Waals surface area contributed by atoms with Crippen LogP contribution >= 0.6 is 35.6 Å². The maximum Gasteiger partial charge on any atom is 0.239 e. The summed E-state index contributed by atoms with van der Waals surface area (Å²) >= 11 is 11.9. The third-order valence-electron chi connectivity index (χ3n) is 3.26. The van der Waals surface area contributed by atoms with E-state index in [2.05, 4.69) is 0 Å². The van der Waals surface area contributed by atoms with Gasteiger partial charge in [-0.25, -0.2) is 0 Å². The van der Waals surface area contributed by atoms with E-state index in [9.17, 15) is 4.79 Å². The molecule has 0 aliphatic heterocycles. The van der Waals surface area contributed by atoms with Crippen LogP contribution in [0, 0.1) is 5.92 Å². The monoisotopic (exact) mass is 338 g/mol. The SMILES string of the molecule is CCC(C)C(N)C(=O)N(C)Cc1cc(Cl)cc(Cl)c1.Cl. The summed E-state index contributed by atoms with van der Waals surface area (Å²) < 4.78 is 0. The van der Waals surface area contributed by atoms with Crippen molar-refractivity contribution in [3.05, 3.63) is 33.8 Å². The first-order valence-electron chi connectivity index (χ1n) is 6.30. The Balaban J connectivity index is 0.00000361. The Labute approximate surface area is 136 Å². The molecule has 2 unspecified atom stereocenters. The predicted octanol–water partition coefficient (Wildman–Crippen LogP) is 3.75. The van der Waals surface area contributed by atoms with Crippen LogP contribution in [-0.2, 0) is 11.3 Å². The average Bonchev–Trinajstić information content (AvgIpc) is 2.34. The molecule has 1 aromatic carbocycles. The number of halogens is 3. The van der Waals surface area contributed by atoms with Crippen molar-refractivity contribution in [1.82, 2.24) is 4.90 Å². The summed E-state index contributed by atoms with van der Waals surface area (Å²) in [5, 5.41) is 1.13. The molecule has 0 heterocycles. The number of rotatable bonds is 5. The summed E-state index contributed by atoms with van der Waals surface area (Å²) in [4.78, 5) is 13.8. The molecule has 0 aliphatic rings. The molecule has 3 nitrogen and oxygen atoms in total. The zero-order valence-electron chi connectivity index (χ0n) is 11.9. The molecular weight excluding hydrogens is 319 g/mol. The molecule has 0 saturated carbocycles. The van der Waals surface area contributed by atoms with Crippen molar-refractivity contribution in [3.63, 3.8) is 0 Å². The van der Waals surface area contributed by atoms with E-state index in [1.165, 1.54) is 0 Å². The molecule has 114 valence electrons. The van der Waals surface area contributed by atoms with Gasteiger partial charge in [0, 0.05) is 23.6 Å². The second-order valence-electron chi connectivity index (χ2n) is 4.88. The highest BCUT2D eigenvalue weighted by molar-refractivity contribution is 6.34. The van der Waals surface area contributed by atoms with E-state index < -0.39 is 6.04 Å². The van der Waals surface area contributed by atoms with Crippen LogP contribution in [0.3, 0.4) is 0 Å². The van der Waals surface area contributed by atoms with Gasteiger partial charge in [0.15, 0.2) is 0 Å². The minimum absolute atomic E-state index is 0. The summed E-state index contributed by atoms with van der Waals surface area (Å²) in [5.74, 6) is 0.100. The number of carbonyl (C=O) groups is 1. The van der Waals surface area contributed by atoms with E-state index in [0.717, 1.165) is 12.0 Å². The van der Waals surface area contributed by atoms with Gasteiger partial charge >= 0.3 is 0 Å². The van der Waals surface area contributed by atoms with Crippen molar-refractivity contribution in [1.29, 1.82) is 0 Å². The van der Waals surface area contributed by atoms with Crippen molar-refractivity contribution in [2.45, 2.75) is 32.9 Å². The second-order valence-corrected chi connectivity index (χ2v) is 5.76. The zero-order chi connectivity index (χ0) is 14.6. The van der Waals surface area contributed by atoms with Crippen LogP contribution in [0.5, 0.6) is 0 Å². The first-order valence-corrected chi connectivity index (χ1v) is 7.06. The van der Waals surface area contributed by atoms with Gasteiger partial charge in [-0.1, -0.05) is 43.5 Å². The molecule has 0 bridgehead atoms. The van der Waals surface area contributed by atoms with Crippen LogP contribution in [0.2, 0.25) is 10.0 Å². The normalized spacial score (nSPS) is 13.3. The molecule has 0 aliphatic carbocycles. The Morgan fingerprint density at radius 3 is 2.25 bits per heavy atom. The number of nitrogens with two attached hydrogens (primary N) is 1. The topological polar surface area (TPSA) is 46.3 Å². The molecular formula is C14H21Cl3N2O. The fraction of sp³-hybridized carbons (Fsp3) is 0.500. The Bertz CT molecular complexity index is 434. The van der Waals surface area contributed by atoms with Crippen molar-refractivity contribution in [2.75, 3.05) is 7.05 Å². The lowest BCUT2D eigenvalue weighted by molar-refractivity contribution is -0.132. The molecule has 20 heavy (non-hydrogen) atoms. The Morgan fingerprint density at radius 1 is 1.30 bits per heavy atom. The zero-order valence-corrected chi connectivity index (χ0v) is 14.2. The van der Waals surface area contributed by atoms with Crippen LogP contribution in [0.1, 0.15) is 25.8 Å². The minimum atomic E-state index is -0.468. The van der Waals surface area contributed by atoms with Gasteiger partial charge in [-0.2, -0.15) is 0 Å². The molecule has 6 heteroatoms. The lowest BCUT2D eigenvalue weighted by atomic mass is 9.99. The molecule has 0 spiro atoms. The highest BCUT2D eigenvalue weighted by Gasteiger charge is 2.22. The maximum absolute atomic E-state index is 12.2. The number of hydrogen-bond acceptors (Lipinski definition) is 2. The third-order valence-corrected chi connectivity index (χ3v) is 3.70. The molecule has 1 rings (SSSR count). The molecule has 0 radical (unpaired) electrons. The number of likely N-dealkylation sites (N-methyl/N-ethyl adjacent to an activating group) is 1. The highest BCUT2D eigenvalue weighted by Crippen LogP contribution is 2.20. The molecule has 2 N–H and O–H groups in total. The summed E-state index contributed by atoms with van der Waals surface area (Å²) in [5.41, 5.74) is 6.84. The number of carbonyl (C=O) groups excluding carboxylic acids is 1. The van der Waals surface area contributed by atoms with E-state index in [4.69, 9.17) is 28.9 Å². The van der Waals surface area contributed by atoms with Gasteiger partial charge in [0.2, 0.25) is 5.91 Å². The van der Waals surface area contributed by atoms with Gasteiger partial charge in [-0.3, -0.25) is 4.79 Å². The largest absolute Gasteiger partial charge is 0.340 e. The first-order chi connectivity index (χ1) is 8.85. The van der Waals surface area contributed by atoms with Crippen molar-refractivity contribution in [2.24, 2.45) is 11.7 Å². The van der Waals surface area contributed by atoms with Crippen molar-refractivity contribution in [3.8, 4) is 0 Å². The third kappa shape index (κ3) is 5.49. The van der Waals surface area contributed by atoms with E-state index in [0.29, 0.717) is 16.6 Å². The van der Waals surface area contributed by atoms with Crippen LogP contribution < -0.4 is 5.73 Å². The fourth-order valence-electron chi connectivity index (χ4n) is 1.81. The van der Waals surface area contributed by atoms with Gasteiger partial charge in [0.25, 0.3) is 0 Å². The van der Waals surface area contributed by atoms with Crippen LogP contribution in [0.25, 0.3) is 0 Å². The van der Waals surface area contributed by atoms with Crippen LogP contribution in [-0.4, -0.2) is 23.9 Å². The number of amides is 1. The lowest BCUT2D eigenvalue weighted by Crippen LogP contribution is -2.45. The van der Waals surface area contributed by atoms with Gasteiger partial charge in [0.05, 0.1) is 6.04 Å². The second kappa shape index (κ2) is 8.73. The number of hydrogen-bond donors (Lipinski definition) is 1. The van der Waals surface area contributed by atoms with Gasteiger partial charge in [0.1, 0.15) is 0 Å². The standard InChI is InChI=1S/C14H20Cl2N2O.ClH/c1-4-9(2)13(17)14(19)18(3)8-10-5-11(15)7-12(16)6-10;/h5-7,9,13H,4,8,17H2,1-3H3;1H. The molecule has 0 aromatic heterocycles. The fourth-order valence-corrected chi connectivity index (χ4v) is 2.38. The summed E-state index contributed by atoms with van der Waals surface area (Å²) in [6.45, 7) is 4.45. The highest BCUT2D eigenvalue weighted by atomic mass is 35.5.